The second-order valence-electron chi connectivity index (χ2n) is 13.0. The summed E-state index contributed by atoms with van der Waals surface area (Å²) in [6.45, 7) is 4.97. The van der Waals surface area contributed by atoms with Crippen molar-refractivity contribution >= 4 is 24.4 Å². The number of nitrogens with one attached hydrogen (secondary N) is 4. The molecule has 2 saturated heterocycles. The second-order valence-corrected chi connectivity index (χ2v) is 13.0. The van der Waals surface area contributed by atoms with E-state index in [-0.39, 0.29) is 23.9 Å². The lowest BCUT2D eigenvalue weighted by Crippen LogP contribution is -2.51. The van der Waals surface area contributed by atoms with E-state index in [1.807, 2.05) is 55.1 Å². The summed E-state index contributed by atoms with van der Waals surface area (Å²) in [6, 6.07) is 15.2. The molecule has 4 atom stereocenters. The van der Waals surface area contributed by atoms with E-state index < -0.39 is 24.4 Å². The molecule has 2 aliphatic rings. The molecule has 0 aliphatic carbocycles. The highest BCUT2D eigenvalue weighted by Crippen LogP contribution is 2.35. The first kappa shape index (κ1) is 34.4. The molecule has 2 aliphatic heterocycles. The van der Waals surface area contributed by atoms with Crippen LogP contribution in [0.2, 0.25) is 0 Å². The third-order valence-corrected chi connectivity index (χ3v) is 9.53. The number of likely N-dealkylation sites (tertiary alicyclic amines) is 2. The molecule has 2 aromatic carbocycles. The number of H-pyrrole nitrogens is 2. The van der Waals surface area contributed by atoms with E-state index in [0.29, 0.717) is 31.0 Å². The number of hydrogen-bond acceptors (Lipinski definition) is 8. The SMILES string of the molecule is COC(=O)N[C@H](C(=O)N1CCC[C@H]1c1ncc(-c2ccc(-c3ccc(-c4cnc([C@@H]5CCCN5C(C=O)NC(=O)O)[nH]4)cc3)cc2)[nH]1)C(C)C. The summed E-state index contributed by atoms with van der Waals surface area (Å²) in [5.41, 5.74) is 5.69. The average Bonchev–Trinajstić information content (AvgIpc) is 3.95. The second kappa shape index (κ2) is 14.9. The van der Waals surface area contributed by atoms with Gasteiger partial charge in [0.25, 0.3) is 0 Å². The molecule has 262 valence electrons. The van der Waals surface area contributed by atoms with E-state index in [4.69, 9.17) is 9.84 Å². The zero-order chi connectivity index (χ0) is 35.4. The molecule has 0 radical (unpaired) electrons. The molecule has 0 saturated carbocycles. The highest BCUT2D eigenvalue weighted by Gasteiger charge is 2.38. The number of aldehydes is 1. The number of carbonyl (C=O) groups excluding carboxylic acids is 3. The third-order valence-electron chi connectivity index (χ3n) is 9.53. The lowest BCUT2D eigenvalue weighted by Gasteiger charge is -2.30. The van der Waals surface area contributed by atoms with E-state index in [9.17, 15) is 19.2 Å². The number of imidazole rings is 2. The number of rotatable bonds is 11. The van der Waals surface area contributed by atoms with Gasteiger partial charge in [-0.25, -0.2) is 19.6 Å². The van der Waals surface area contributed by atoms with E-state index in [1.54, 1.807) is 17.3 Å². The Kier molecular flexibility index (Phi) is 10.3. The maximum absolute atomic E-state index is 13.5. The summed E-state index contributed by atoms with van der Waals surface area (Å²) in [6.07, 6.45) is 4.58. The van der Waals surface area contributed by atoms with Gasteiger partial charge >= 0.3 is 12.2 Å². The van der Waals surface area contributed by atoms with Crippen LogP contribution >= 0.6 is 0 Å². The summed E-state index contributed by atoms with van der Waals surface area (Å²) < 4.78 is 4.74. The molecule has 14 heteroatoms. The number of methoxy groups -OCH3 is 1. The lowest BCUT2D eigenvalue weighted by molar-refractivity contribution is -0.135. The van der Waals surface area contributed by atoms with Crippen LogP contribution in [0.25, 0.3) is 33.6 Å². The maximum atomic E-state index is 13.5. The van der Waals surface area contributed by atoms with E-state index in [0.717, 1.165) is 59.3 Å². The third kappa shape index (κ3) is 7.25. The van der Waals surface area contributed by atoms with Gasteiger partial charge in [0.05, 0.1) is 43.0 Å². The average molecular weight is 683 g/mol. The number of aromatic amines is 2. The van der Waals surface area contributed by atoms with E-state index >= 15 is 0 Å². The van der Waals surface area contributed by atoms with Crippen molar-refractivity contribution in [3.05, 3.63) is 72.6 Å². The highest BCUT2D eigenvalue weighted by molar-refractivity contribution is 5.86. The van der Waals surface area contributed by atoms with Crippen molar-refractivity contribution in [2.75, 3.05) is 20.2 Å². The quantitative estimate of drug-likeness (QED) is 0.134. The summed E-state index contributed by atoms with van der Waals surface area (Å²) in [7, 11) is 1.28. The Morgan fingerprint density at radius 2 is 1.36 bits per heavy atom. The fraction of sp³-hybridized carbons (Fsp3) is 0.389. The van der Waals surface area contributed by atoms with Crippen LogP contribution in [-0.2, 0) is 14.3 Å². The van der Waals surface area contributed by atoms with Crippen LogP contribution in [-0.4, -0.2) is 91.6 Å². The van der Waals surface area contributed by atoms with Crippen LogP contribution in [0.3, 0.4) is 0 Å². The van der Waals surface area contributed by atoms with Crippen molar-refractivity contribution in [2.45, 2.75) is 63.8 Å². The van der Waals surface area contributed by atoms with Gasteiger partial charge in [0.15, 0.2) is 6.29 Å². The normalized spacial score (nSPS) is 18.9. The molecule has 50 heavy (non-hydrogen) atoms. The summed E-state index contributed by atoms with van der Waals surface area (Å²) in [4.78, 5) is 67.8. The van der Waals surface area contributed by atoms with Gasteiger partial charge in [0, 0.05) is 13.1 Å². The molecule has 4 aromatic rings. The Balaban J connectivity index is 1.11. The van der Waals surface area contributed by atoms with Gasteiger partial charge in [-0.1, -0.05) is 62.4 Å². The van der Waals surface area contributed by atoms with Crippen molar-refractivity contribution in [2.24, 2.45) is 5.92 Å². The molecule has 14 nitrogen and oxygen atoms in total. The van der Waals surface area contributed by atoms with Crippen LogP contribution in [0, 0.1) is 5.92 Å². The monoisotopic (exact) mass is 682 g/mol. The molecule has 0 bridgehead atoms. The van der Waals surface area contributed by atoms with E-state index in [2.05, 4.69) is 42.7 Å². The summed E-state index contributed by atoms with van der Waals surface area (Å²) in [5.74, 6) is 1.16. The number of alkyl carbamates (subject to hydrolysis) is 1. The molecule has 3 amide bonds. The fourth-order valence-corrected chi connectivity index (χ4v) is 6.92. The lowest BCUT2D eigenvalue weighted by atomic mass is 10.0. The first-order chi connectivity index (χ1) is 24.2. The number of carbonyl (C=O) groups is 4. The van der Waals surface area contributed by atoms with Gasteiger partial charge in [0.2, 0.25) is 5.91 Å². The molecule has 6 rings (SSSR count). The first-order valence-electron chi connectivity index (χ1n) is 16.8. The molecule has 1 unspecified atom stereocenters. The zero-order valence-electron chi connectivity index (χ0n) is 28.3. The van der Waals surface area contributed by atoms with Crippen LogP contribution in [0.4, 0.5) is 9.59 Å². The van der Waals surface area contributed by atoms with Gasteiger partial charge in [-0.15, -0.1) is 0 Å². The Labute approximate surface area is 289 Å². The predicted molar refractivity (Wildman–Crippen MR) is 185 cm³/mol. The van der Waals surface area contributed by atoms with Crippen molar-refractivity contribution in [3.63, 3.8) is 0 Å². The Morgan fingerprint density at radius 3 is 1.88 bits per heavy atom. The molecule has 5 N–H and O–H groups in total. The predicted octanol–water partition coefficient (Wildman–Crippen LogP) is 5.11. The topological polar surface area (TPSA) is 186 Å². The molecule has 4 heterocycles. The first-order valence-corrected chi connectivity index (χ1v) is 16.8. The van der Waals surface area contributed by atoms with Crippen LogP contribution in [0.15, 0.2) is 60.9 Å². The number of aromatic nitrogens is 4. The largest absolute Gasteiger partial charge is 0.465 e. The molecule has 2 fully saturated rings. The van der Waals surface area contributed by atoms with Gasteiger partial charge in [-0.05, 0) is 53.9 Å². The standard InChI is InChI=1S/C36H42N8O6/c1-21(2)31(42-36(49)50-3)34(46)44-17-5-7-29(44)33-38-19-27(40-33)25-14-10-23(11-15-25)22-8-12-24(13-9-22)26-18-37-32(39-26)28-6-4-16-43(28)30(20-45)41-35(47)48/h8-15,18-21,28-31,41H,4-7,16-17H2,1-3H3,(H,37,39)(H,38,40)(H,42,49)(H,47,48)/t28-,29-,30?,31-/m0/s1. The van der Waals surface area contributed by atoms with Gasteiger partial charge in [-0.3, -0.25) is 19.8 Å². The van der Waals surface area contributed by atoms with Crippen molar-refractivity contribution < 1.29 is 29.0 Å². The van der Waals surface area contributed by atoms with Gasteiger partial charge in [-0.2, -0.15) is 0 Å². The zero-order valence-corrected chi connectivity index (χ0v) is 28.3. The minimum atomic E-state index is -1.24. The van der Waals surface area contributed by atoms with Crippen LogP contribution in [0.5, 0.6) is 0 Å². The molecular weight excluding hydrogens is 640 g/mol. The van der Waals surface area contributed by atoms with Crippen molar-refractivity contribution in [1.29, 1.82) is 0 Å². The Bertz CT molecular complexity index is 1820. The smallest absolute Gasteiger partial charge is 0.407 e. The number of ether oxygens (including phenoxy) is 1. The van der Waals surface area contributed by atoms with Gasteiger partial charge < -0.3 is 30.0 Å². The van der Waals surface area contributed by atoms with Crippen LogP contribution < -0.4 is 10.6 Å². The minimum Gasteiger partial charge on any atom is -0.465 e. The Morgan fingerprint density at radius 1 is 0.840 bits per heavy atom. The van der Waals surface area contributed by atoms with Crippen LogP contribution in [0.1, 0.15) is 63.3 Å². The van der Waals surface area contributed by atoms with Gasteiger partial charge in [0.1, 0.15) is 23.9 Å². The number of amides is 3. The summed E-state index contributed by atoms with van der Waals surface area (Å²) in [5, 5.41) is 14.1. The number of hydrogen-bond donors (Lipinski definition) is 5. The number of carboxylic acid groups (broad SMARTS) is 1. The molecular formula is C36H42N8O6. The summed E-state index contributed by atoms with van der Waals surface area (Å²) >= 11 is 0. The fourth-order valence-electron chi connectivity index (χ4n) is 6.92. The molecule has 0 spiro atoms. The minimum absolute atomic E-state index is 0.106. The highest BCUT2D eigenvalue weighted by atomic mass is 16.5. The maximum Gasteiger partial charge on any atom is 0.407 e. The van der Waals surface area contributed by atoms with Crippen molar-refractivity contribution in [3.8, 4) is 33.6 Å². The molecule has 2 aromatic heterocycles. The number of benzene rings is 2. The Hall–Kier alpha value is -5.50. The van der Waals surface area contributed by atoms with E-state index in [1.165, 1.54) is 7.11 Å². The van der Waals surface area contributed by atoms with Crippen molar-refractivity contribution in [1.82, 2.24) is 40.4 Å². The number of nitrogens with zero attached hydrogens (tertiary/aromatic N) is 4.